The average molecular weight is 306 g/mol. The summed E-state index contributed by atoms with van der Waals surface area (Å²) in [6, 6.07) is 6.01. The van der Waals surface area contributed by atoms with Gasteiger partial charge in [0, 0.05) is 17.5 Å². The Hall–Kier alpha value is -3.03. The fourth-order valence-corrected chi connectivity index (χ4v) is 2.78. The Morgan fingerprint density at radius 3 is 3.22 bits per heavy atom. The maximum Gasteiger partial charge on any atom is 0.200 e. The second kappa shape index (κ2) is 4.73. The molecular formula is C15H14N8. The molecule has 4 aromatic heterocycles. The molecule has 4 heterocycles. The minimum atomic E-state index is 0.569. The highest BCUT2D eigenvalue weighted by molar-refractivity contribution is 5.78. The quantitative estimate of drug-likeness (QED) is 0.597. The van der Waals surface area contributed by atoms with Crippen molar-refractivity contribution in [3.8, 4) is 0 Å². The van der Waals surface area contributed by atoms with E-state index in [1.165, 1.54) is 12.8 Å². The van der Waals surface area contributed by atoms with Gasteiger partial charge in [-0.15, -0.1) is 10.2 Å². The van der Waals surface area contributed by atoms with Crippen LogP contribution in [0, 0.1) is 0 Å². The zero-order valence-electron chi connectivity index (χ0n) is 12.3. The first-order valence-electron chi connectivity index (χ1n) is 7.61. The molecule has 0 aromatic carbocycles. The summed E-state index contributed by atoms with van der Waals surface area (Å²) in [7, 11) is 0. The SMILES string of the molecule is c1cnc2n[nH]c(CNc3cc(C4CC4)nn4cnnc34)c2c1. The zero-order chi connectivity index (χ0) is 15.2. The van der Waals surface area contributed by atoms with E-state index in [1.807, 2.05) is 12.1 Å². The van der Waals surface area contributed by atoms with Crippen LogP contribution in [0.4, 0.5) is 5.69 Å². The van der Waals surface area contributed by atoms with Crippen LogP contribution in [-0.4, -0.2) is 35.0 Å². The van der Waals surface area contributed by atoms with E-state index in [0.29, 0.717) is 12.5 Å². The Balaban J connectivity index is 1.50. The van der Waals surface area contributed by atoms with Gasteiger partial charge in [0.2, 0.25) is 5.65 Å². The first kappa shape index (κ1) is 12.5. The van der Waals surface area contributed by atoms with Crippen LogP contribution in [0.15, 0.2) is 30.7 Å². The van der Waals surface area contributed by atoms with E-state index in [0.717, 1.165) is 33.8 Å². The van der Waals surface area contributed by atoms with E-state index < -0.39 is 0 Å². The highest BCUT2D eigenvalue weighted by Gasteiger charge is 2.26. The summed E-state index contributed by atoms with van der Waals surface area (Å²) >= 11 is 0. The summed E-state index contributed by atoms with van der Waals surface area (Å²) in [5.41, 5.74) is 4.49. The number of aromatic amines is 1. The van der Waals surface area contributed by atoms with Crippen molar-refractivity contribution in [2.24, 2.45) is 0 Å². The van der Waals surface area contributed by atoms with Crippen molar-refractivity contribution in [1.29, 1.82) is 0 Å². The zero-order valence-corrected chi connectivity index (χ0v) is 12.3. The maximum atomic E-state index is 4.57. The van der Waals surface area contributed by atoms with Gasteiger partial charge in [-0.25, -0.2) is 4.98 Å². The van der Waals surface area contributed by atoms with Crippen molar-refractivity contribution < 1.29 is 0 Å². The topological polar surface area (TPSA) is 96.7 Å². The Bertz CT molecular complexity index is 997. The molecule has 0 bridgehead atoms. The van der Waals surface area contributed by atoms with E-state index in [2.05, 4.69) is 41.9 Å². The van der Waals surface area contributed by atoms with Crippen LogP contribution < -0.4 is 5.32 Å². The number of hydrogen-bond acceptors (Lipinski definition) is 6. The van der Waals surface area contributed by atoms with Crippen molar-refractivity contribution in [3.05, 3.63) is 42.1 Å². The van der Waals surface area contributed by atoms with E-state index in [9.17, 15) is 0 Å². The molecule has 0 amide bonds. The molecule has 114 valence electrons. The van der Waals surface area contributed by atoms with Crippen LogP contribution >= 0.6 is 0 Å². The van der Waals surface area contributed by atoms with Crippen molar-refractivity contribution in [1.82, 2.24) is 35.0 Å². The average Bonchev–Trinajstić information content (AvgIpc) is 3.18. The van der Waals surface area contributed by atoms with Crippen molar-refractivity contribution in [2.75, 3.05) is 5.32 Å². The number of rotatable bonds is 4. The molecule has 8 heteroatoms. The first-order valence-corrected chi connectivity index (χ1v) is 7.61. The highest BCUT2D eigenvalue weighted by atomic mass is 15.3. The van der Waals surface area contributed by atoms with Gasteiger partial charge in [-0.2, -0.15) is 14.7 Å². The molecule has 1 saturated carbocycles. The highest BCUT2D eigenvalue weighted by Crippen LogP contribution is 2.39. The fraction of sp³-hybridized carbons (Fsp3) is 0.267. The van der Waals surface area contributed by atoms with Gasteiger partial charge in [-0.3, -0.25) is 5.10 Å². The standard InChI is InChI=1S/C15H14N8/c1-2-10-13(19-20-14(10)16-5-1)7-17-12-6-11(9-3-4-9)22-23-8-18-21-15(12)23/h1-2,5-6,8-9,17H,3-4,7H2,(H,16,19,20). The van der Waals surface area contributed by atoms with Crippen molar-refractivity contribution in [3.63, 3.8) is 0 Å². The molecule has 1 aliphatic rings. The lowest BCUT2D eigenvalue weighted by atomic mass is 10.2. The number of hydrogen-bond donors (Lipinski definition) is 2. The van der Waals surface area contributed by atoms with Gasteiger partial charge in [0.05, 0.1) is 23.6 Å². The molecule has 2 N–H and O–H groups in total. The Kier molecular flexibility index (Phi) is 2.57. The lowest BCUT2D eigenvalue weighted by Gasteiger charge is -2.08. The number of H-pyrrole nitrogens is 1. The predicted molar refractivity (Wildman–Crippen MR) is 84.0 cm³/mol. The summed E-state index contributed by atoms with van der Waals surface area (Å²) in [6.45, 7) is 0.610. The summed E-state index contributed by atoms with van der Waals surface area (Å²) in [6.07, 6.45) is 5.79. The Morgan fingerprint density at radius 2 is 2.30 bits per heavy atom. The van der Waals surface area contributed by atoms with E-state index in [1.54, 1.807) is 17.0 Å². The third-order valence-corrected chi connectivity index (χ3v) is 4.15. The molecule has 0 aliphatic heterocycles. The van der Waals surface area contributed by atoms with Crippen LogP contribution in [0.25, 0.3) is 16.7 Å². The lowest BCUT2D eigenvalue weighted by molar-refractivity contribution is 0.849. The molecule has 0 radical (unpaired) electrons. The van der Waals surface area contributed by atoms with E-state index in [-0.39, 0.29) is 0 Å². The van der Waals surface area contributed by atoms with Gasteiger partial charge in [0.1, 0.15) is 6.33 Å². The van der Waals surface area contributed by atoms with Crippen molar-refractivity contribution in [2.45, 2.75) is 25.3 Å². The smallest absolute Gasteiger partial charge is 0.200 e. The minimum absolute atomic E-state index is 0.569. The monoisotopic (exact) mass is 306 g/mol. The molecule has 1 aliphatic carbocycles. The molecule has 0 atom stereocenters. The number of nitrogens with zero attached hydrogens (tertiary/aromatic N) is 6. The van der Waals surface area contributed by atoms with Gasteiger partial charge < -0.3 is 5.32 Å². The molecule has 1 fully saturated rings. The van der Waals surface area contributed by atoms with Gasteiger partial charge in [0.25, 0.3) is 0 Å². The van der Waals surface area contributed by atoms with Crippen LogP contribution in [0.2, 0.25) is 0 Å². The first-order chi connectivity index (χ1) is 11.4. The fourth-order valence-electron chi connectivity index (χ4n) is 2.78. The lowest BCUT2D eigenvalue weighted by Crippen LogP contribution is -2.05. The van der Waals surface area contributed by atoms with Gasteiger partial charge in [-0.1, -0.05) is 0 Å². The van der Waals surface area contributed by atoms with Gasteiger partial charge >= 0.3 is 0 Å². The third kappa shape index (κ3) is 2.10. The van der Waals surface area contributed by atoms with Crippen LogP contribution in [0.3, 0.4) is 0 Å². The summed E-state index contributed by atoms with van der Waals surface area (Å²) in [5, 5.41) is 24.4. The summed E-state index contributed by atoms with van der Waals surface area (Å²) < 4.78 is 1.74. The van der Waals surface area contributed by atoms with Crippen LogP contribution in [-0.2, 0) is 6.54 Å². The minimum Gasteiger partial charge on any atom is -0.376 e. The molecule has 4 aromatic rings. The van der Waals surface area contributed by atoms with Gasteiger partial charge in [-0.05, 0) is 31.0 Å². The van der Waals surface area contributed by atoms with Crippen LogP contribution in [0.5, 0.6) is 0 Å². The van der Waals surface area contributed by atoms with E-state index in [4.69, 9.17) is 0 Å². The Morgan fingerprint density at radius 1 is 1.35 bits per heavy atom. The Labute approximate surface area is 131 Å². The number of anilines is 1. The number of fused-ring (bicyclic) bond motifs is 2. The van der Waals surface area contributed by atoms with Crippen LogP contribution in [0.1, 0.15) is 30.1 Å². The molecule has 23 heavy (non-hydrogen) atoms. The maximum absolute atomic E-state index is 4.57. The third-order valence-electron chi connectivity index (χ3n) is 4.15. The number of pyridine rings is 1. The molecular weight excluding hydrogens is 292 g/mol. The summed E-state index contributed by atoms with van der Waals surface area (Å²) in [4.78, 5) is 4.24. The van der Waals surface area contributed by atoms with E-state index >= 15 is 0 Å². The molecule has 5 rings (SSSR count). The molecule has 0 saturated heterocycles. The number of aromatic nitrogens is 7. The molecule has 0 spiro atoms. The largest absolute Gasteiger partial charge is 0.376 e. The number of nitrogens with one attached hydrogen (secondary N) is 2. The van der Waals surface area contributed by atoms with Gasteiger partial charge in [0.15, 0.2) is 5.65 Å². The second-order valence-corrected chi connectivity index (χ2v) is 5.79. The molecule has 8 nitrogen and oxygen atoms in total. The predicted octanol–water partition coefficient (Wildman–Crippen LogP) is 1.89. The van der Waals surface area contributed by atoms with Crippen molar-refractivity contribution >= 4 is 22.4 Å². The summed E-state index contributed by atoms with van der Waals surface area (Å²) in [5.74, 6) is 0.569. The molecule has 0 unspecified atom stereocenters. The normalized spacial score (nSPS) is 14.6. The second-order valence-electron chi connectivity index (χ2n) is 5.79.